The van der Waals surface area contributed by atoms with Crippen molar-refractivity contribution in [1.82, 2.24) is 15.2 Å². The number of aliphatic hydroxyl groups excluding tert-OH is 1. The number of aliphatic hydroxyl groups is 1. The van der Waals surface area contributed by atoms with Gasteiger partial charge in [-0.3, -0.25) is 14.4 Å². The second kappa shape index (κ2) is 33.7. The van der Waals surface area contributed by atoms with Gasteiger partial charge in [0.15, 0.2) is 0 Å². The Labute approximate surface area is 523 Å². The monoisotopic (exact) mass is 1210 g/mol. The molecule has 2 atom stereocenters. The number of piperidine rings is 3. The Morgan fingerprint density at radius 2 is 0.826 bits per heavy atom. The molecule has 0 spiro atoms. The smallest absolute Gasteiger partial charge is 0.306 e. The summed E-state index contributed by atoms with van der Waals surface area (Å²) in [6.45, 7) is 44.8. The Hall–Kier alpha value is -4.03. The fourth-order valence-corrected chi connectivity index (χ4v) is 12.2. The van der Waals surface area contributed by atoms with Crippen LogP contribution < -0.4 is 10.6 Å². The predicted molar refractivity (Wildman–Crippen MR) is 352 cm³/mol. The summed E-state index contributed by atoms with van der Waals surface area (Å²) in [5, 5.41) is 61.8. The van der Waals surface area contributed by atoms with Gasteiger partial charge in [-0.25, -0.2) is 0 Å². The molecular formula is C70H127N5O11. The number of hydroxylamine groups is 6. The van der Waals surface area contributed by atoms with Crippen LogP contribution in [0.5, 0.6) is 5.75 Å². The van der Waals surface area contributed by atoms with Crippen molar-refractivity contribution in [2.45, 2.75) is 350 Å². The van der Waals surface area contributed by atoms with Gasteiger partial charge in [0.25, 0.3) is 0 Å². The first-order chi connectivity index (χ1) is 38.8. The molecule has 5 rings (SSSR count). The van der Waals surface area contributed by atoms with Gasteiger partial charge in [0.1, 0.15) is 18.0 Å². The third-order valence-electron chi connectivity index (χ3n) is 17.0. The van der Waals surface area contributed by atoms with Gasteiger partial charge in [0, 0.05) is 102 Å². The molecule has 0 bridgehead atoms. The zero-order chi connectivity index (χ0) is 65.3. The zero-order valence-corrected chi connectivity index (χ0v) is 57.6. The van der Waals surface area contributed by atoms with E-state index in [1.54, 1.807) is 0 Å². The van der Waals surface area contributed by atoms with Crippen molar-refractivity contribution in [2.24, 2.45) is 0 Å². The molecule has 7 N–H and O–H groups in total. The molecule has 0 radical (unpaired) electrons. The number of anilines is 2. The van der Waals surface area contributed by atoms with Crippen molar-refractivity contribution in [3.63, 3.8) is 0 Å². The molecule has 498 valence electrons. The lowest BCUT2D eigenvalue weighted by molar-refractivity contribution is -0.259. The maximum Gasteiger partial charge on any atom is 0.306 e. The Kier molecular flexibility index (Phi) is 31.3. The molecule has 2 aromatic carbocycles. The second-order valence-corrected chi connectivity index (χ2v) is 30.6. The summed E-state index contributed by atoms with van der Waals surface area (Å²) in [6, 6.07) is 13.6. The topological polar surface area (TPSA) is 214 Å². The molecular weight excluding hydrogens is 1090 g/mol. The summed E-state index contributed by atoms with van der Waals surface area (Å²) in [4.78, 5) is 36.0. The van der Waals surface area contributed by atoms with Gasteiger partial charge in [-0.1, -0.05) is 101 Å². The van der Waals surface area contributed by atoms with E-state index in [-0.39, 0.29) is 65.6 Å². The average molecular weight is 1210 g/mol. The number of phenolic OH excluding ortho intramolecular Hbond substituents is 1. The van der Waals surface area contributed by atoms with Crippen molar-refractivity contribution in [2.75, 3.05) is 17.7 Å². The molecule has 0 saturated carbocycles. The van der Waals surface area contributed by atoms with Crippen LogP contribution in [0.25, 0.3) is 0 Å². The Bertz CT molecular complexity index is 2170. The molecule has 86 heavy (non-hydrogen) atoms. The maximum absolute atomic E-state index is 12.3. The SMILES string of the molecule is C.CC1(C)CC(O)CC(C)(C)N1O.CC1(C)CC(OC(=O)CCCCCCCCC(=O)OC2CC(C)(C)N(O)C(C)(C)C2)CC(C)(C)N1O.CCC(C)Nc1ccc(NC(C)CC)cc1.COC(=O)CCc1cc(C(C)(C)C)c(O)c(C(C)(C)C)c1. The van der Waals surface area contributed by atoms with Crippen molar-refractivity contribution >= 4 is 29.3 Å². The largest absolute Gasteiger partial charge is 0.507 e. The number of rotatable bonds is 20. The molecule has 0 amide bonds. The lowest BCUT2D eigenvalue weighted by Crippen LogP contribution is -2.60. The van der Waals surface area contributed by atoms with E-state index in [9.17, 15) is 40.2 Å². The van der Waals surface area contributed by atoms with Crippen LogP contribution >= 0.6 is 0 Å². The van der Waals surface area contributed by atoms with Crippen molar-refractivity contribution in [1.29, 1.82) is 0 Å². The van der Waals surface area contributed by atoms with Crippen LogP contribution in [0.3, 0.4) is 0 Å². The van der Waals surface area contributed by atoms with E-state index in [0.29, 0.717) is 82.0 Å². The quantitative estimate of drug-likeness (QED) is 0.0373. The number of esters is 3. The van der Waals surface area contributed by atoms with Gasteiger partial charge in [0.2, 0.25) is 0 Å². The van der Waals surface area contributed by atoms with Gasteiger partial charge >= 0.3 is 17.9 Å². The van der Waals surface area contributed by atoms with Crippen LogP contribution in [0.15, 0.2) is 36.4 Å². The maximum atomic E-state index is 12.3. The lowest BCUT2D eigenvalue weighted by Gasteiger charge is -2.50. The Balaban J connectivity index is 0.000000625. The molecule has 3 saturated heterocycles. The zero-order valence-electron chi connectivity index (χ0n) is 57.6. The van der Waals surface area contributed by atoms with Crippen LogP contribution in [0.1, 0.15) is 286 Å². The number of aryl methyl sites for hydroxylation is 1. The third-order valence-corrected chi connectivity index (χ3v) is 17.0. The van der Waals surface area contributed by atoms with Crippen LogP contribution in [-0.2, 0) is 45.8 Å². The normalized spacial score (nSPS) is 20.1. The number of benzene rings is 2. The molecule has 16 heteroatoms. The van der Waals surface area contributed by atoms with E-state index >= 15 is 0 Å². The van der Waals surface area contributed by atoms with E-state index in [1.165, 1.54) is 33.7 Å². The number of methoxy groups -OCH3 is 1. The van der Waals surface area contributed by atoms with E-state index in [2.05, 4.69) is 104 Å². The second-order valence-electron chi connectivity index (χ2n) is 30.6. The molecule has 3 aliphatic rings. The van der Waals surface area contributed by atoms with Crippen LogP contribution in [0.4, 0.5) is 11.4 Å². The first-order valence-electron chi connectivity index (χ1n) is 32.0. The van der Waals surface area contributed by atoms with E-state index in [1.807, 2.05) is 95.2 Å². The number of carbonyl (C=O) groups is 3. The first kappa shape index (κ1) is 80.0. The number of hydrogen-bond acceptors (Lipinski definition) is 16. The highest BCUT2D eigenvalue weighted by molar-refractivity contribution is 5.70. The van der Waals surface area contributed by atoms with Crippen LogP contribution in [-0.4, -0.2) is 130 Å². The van der Waals surface area contributed by atoms with Crippen LogP contribution in [0, 0.1) is 0 Å². The van der Waals surface area contributed by atoms with Gasteiger partial charge in [0.05, 0.1) is 13.2 Å². The number of aromatic hydroxyl groups is 1. The lowest BCUT2D eigenvalue weighted by atomic mass is 9.78. The summed E-state index contributed by atoms with van der Waals surface area (Å²) in [7, 11) is 1.40. The molecule has 3 fully saturated rings. The molecule has 2 unspecified atom stereocenters. The van der Waals surface area contributed by atoms with E-state index < -0.39 is 22.2 Å². The summed E-state index contributed by atoms with van der Waals surface area (Å²) in [6.07, 6.45) is 12.9. The van der Waals surface area contributed by atoms with E-state index in [4.69, 9.17) is 14.2 Å². The highest BCUT2D eigenvalue weighted by Gasteiger charge is 2.48. The highest BCUT2D eigenvalue weighted by Crippen LogP contribution is 2.42. The minimum atomic E-state index is -0.427. The number of nitrogens with zero attached hydrogens (tertiary/aromatic N) is 3. The van der Waals surface area contributed by atoms with Gasteiger partial charge in [-0.15, -0.1) is 0 Å². The van der Waals surface area contributed by atoms with Gasteiger partial charge in [-0.05, 0) is 194 Å². The summed E-state index contributed by atoms with van der Waals surface area (Å²) in [5.41, 5.74) is 2.67. The molecule has 2 aromatic rings. The Morgan fingerprint density at radius 3 is 1.10 bits per heavy atom. The minimum absolute atomic E-state index is 0. The molecule has 0 aromatic heterocycles. The van der Waals surface area contributed by atoms with E-state index in [0.717, 1.165) is 68.1 Å². The number of phenols is 1. The molecule has 16 nitrogen and oxygen atoms in total. The predicted octanol–water partition coefficient (Wildman–Crippen LogP) is 16.2. The third kappa shape index (κ3) is 26.2. The van der Waals surface area contributed by atoms with Gasteiger partial charge in [-0.2, -0.15) is 15.2 Å². The van der Waals surface area contributed by atoms with Crippen LogP contribution in [0.2, 0.25) is 0 Å². The fourth-order valence-electron chi connectivity index (χ4n) is 12.2. The highest BCUT2D eigenvalue weighted by atomic mass is 16.6. The molecule has 3 aliphatic heterocycles. The summed E-state index contributed by atoms with van der Waals surface area (Å²) >= 11 is 0. The van der Waals surface area contributed by atoms with Crippen molar-refractivity contribution in [3.05, 3.63) is 53.1 Å². The number of unbranched alkanes of at least 4 members (excludes halogenated alkanes) is 5. The standard InChI is InChI=1S/C28H52N2O6.C18H28O3.C14H24N2.C9H19NO2.CH4/c1-25(2)17-21(18-26(3,4)29(25)33)35-23(31)15-13-11-9-10-12-14-16-24(32)36-22-19-27(5,6)30(34)28(7,8)20-22;1-17(2,3)13-10-12(8-9-15(19)21-7)11-14(16(13)20)18(4,5)6;1-5-11(3)15-13-7-9-14(10-8-13)16-12(4)6-2;1-8(2)5-7(11)6-9(3,4)10(8)12;/h21-22,33-34H,9-20H2,1-8H3;10-11,20H,8-9H2,1-7H3;7-12,15-16H,5-6H2,1-4H3;7,11-12H,5-6H2,1-4H3;1H4. The number of carbonyl (C=O) groups excluding carboxylic acids is 3. The number of ether oxygens (including phenoxy) is 3. The number of nitrogens with one attached hydrogen (secondary N) is 2. The van der Waals surface area contributed by atoms with Gasteiger partial charge < -0.3 is 50.7 Å². The molecule has 0 aliphatic carbocycles. The number of hydrogen-bond donors (Lipinski definition) is 7. The Morgan fingerprint density at radius 1 is 0.535 bits per heavy atom. The average Bonchev–Trinajstić information content (AvgIpc) is 1.09. The van der Waals surface area contributed by atoms with Crippen molar-refractivity contribution in [3.8, 4) is 5.75 Å². The first-order valence-corrected chi connectivity index (χ1v) is 32.0. The minimum Gasteiger partial charge on any atom is -0.507 e. The molecule has 3 heterocycles. The van der Waals surface area contributed by atoms with Crippen molar-refractivity contribution < 1.29 is 54.4 Å². The summed E-state index contributed by atoms with van der Waals surface area (Å²) < 4.78 is 16.2. The fraction of sp³-hybridized carbons (Fsp3) is 0.786. The summed E-state index contributed by atoms with van der Waals surface area (Å²) in [5.74, 6) is -0.146.